The number of hydrogen-bond acceptors (Lipinski definition) is 5. The Morgan fingerprint density at radius 2 is 1.80 bits per heavy atom. The van der Waals surface area contributed by atoms with Crippen molar-refractivity contribution in [1.82, 2.24) is 15.2 Å². The first-order chi connectivity index (χ1) is 11.6. The Kier molecular flexibility index (Phi) is 3.76. The third-order valence-electron chi connectivity index (χ3n) is 5.74. The molecule has 7 heteroatoms. The molecule has 130 valence electrons. The van der Waals surface area contributed by atoms with E-state index in [2.05, 4.69) is 10.7 Å². The monoisotopic (exact) mass is 375 g/mol. The number of rotatable bonds is 3. The van der Waals surface area contributed by atoms with Crippen molar-refractivity contribution < 1.29 is 9.59 Å². The minimum Gasteiger partial charge on any atom is -0.316 e. The van der Waals surface area contributed by atoms with Crippen molar-refractivity contribution in [2.24, 2.45) is 11.8 Å². The number of fused-ring (bicyclic) bond motifs is 2. The molecule has 2 fully saturated rings. The summed E-state index contributed by atoms with van der Waals surface area (Å²) >= 11 is 1.66. The van der Waals surface area contributed by atoms with E-state index in [4.69, 9.17) is 4.98 Å². The van der Waals surface area contributed by atoms with Crippen molar-refractivity contribution >= 4 is 35.6 Å². The Morgan fingerprint density at radius 1 is 1.20 bits per heavy atom. The quantitative estimate of drug-likeness (QED) is 0.836. The van der Waals surface area contributed by atoms with Crippen LogP contribution in [0.2, 0.25) is 0 Å². The van der Waals surface area contributed by atoms with Crippen molar-refractivity contribution in [3.8, 4) is 0 Å². The van der Waals surface area contributed by atoms with Crippen LogP contribution < -0.4 is 5.32 Å². The van der Waals surface area contributed by atoms with Crippen LogP contribution in [0.5, 0.6) is 0 Å². The molecule has 1 saturated carbocycles. The Labute approximate surface area is 155 Å². The molecule has 0 spiro atoms. The van der Waals surface area contributed by atoms with Gasteiger partial charge in [-0.1, -0.05) is 12.1 Å². The van der Waals surface area contributed by atoms with Gasteiger partial charge in [-0.05, 0) is 44.0 Å². The van der Waals surface area contributed by atoms with E-state index in [9.17, 15) is 9.59 Å². The lowest BCUT2D eigenvalue weighted by Gasteiger charge is -2.24. The van der Waals surface area contributed by atoms with Gasteiger partial charge in [0.2, 0.25) is 0 Å². The van der Waals surface area contributed by atoms with Gasteiger partial charge in [0.1, 0.15) is 5.01 Å². The van der Waals surface area contributed by atoms with Crippen LogP contribution in [0.25, 0.3) is 0 Å². The van der Waals surface area contributed by atoms with Gasteiger partial charge in [0.05, 0.1) is 11.1 Å². The van der Waals surface area contributed by atoms with Crippen LogP contribution in [0.4, 0.5) is 0 Å². The molecule has 25 heavy (non-hydrogen) atoms. The topological polar surface area (TPSA) is 62.3 Å². The SMILES string of the molecule is Cc1csc(C2(CN3C(=O)c4ccccc4C3=O)[C@@H]3CNC[C@@H]32)n1.Cl. The number of amides is 2. The molecule has 2 aromatic rings. The largest absolute Gasteiger partial charge is 0.316 e. The second kappa shape index (κ2) is 5.62. The maximum Gasteiger partial charge on any atom is 0.261 e. The van der Waals surface area contributed by atoms with Gasteiger partial charge in [0.15, 0.2) is 0 Å². The molecule has 1 aromatic heterocycles. The van der Waals surface area contributed by atoms with Crippen molar-refractivity contribution in [2.75, 3.05) is 19.6 Å². The number of carbonyl (C=O) groups is 2. The van der Waals surface area contributed by atoms with E-state index < -0.39 is 0 Å². The third kappa shape index (κ3) is 2.14. The van der Waals surface area contributed by atoms with Gasteiger partial charge >= 0.3 is 0 Å². The first-order valence-electron chi connectivity index (χ1n) is 8.21. The summed E-state index contributed by atoms with van der Waals surface area (Å²) in [6.45, 7) is 4.31. The van der Waals surface area contributed by atoms with Gasteiger partial charge in [-0.3, -0.25) is 14.5 Å². The third-order valence-corrected chi connectivity index (χ3v) is 6.90. The van der Waals surface area contributed by atoms with Crippen LogP contribution in [0.15, 0.2) is 29.6 Å². The summed E-state index contributed by atoms with van der Waals surface area (Å²) in [5.41, 5.74) is 1.90. The average Bonchev–Trinajstić information content (AvgIpc) is 3.05. The highest BCUT2D eigenvalue weighted by Crippen LogP contribution is 2.62. The van der Waals surface area contributed by atoms with Crippen LogP contribution in [0, 0.1) is 18.8 Å². The second-order valence-electron chi connectivity index (χ2n) is 6.95. The van der Waals surface area contributed by atoms with E-state index in [-0.39, 0.29) is 29.6 Å². The Morgan fingerprint density at radius 3 is 2.32 bits per heavy atom. The molecule has 5 nitrogen and oxygen atoms in total. The molecule has 0 bridgehead atoms. The minimum atomic E-state index is -0.166. The molecule has 1 unspecified atom stereocenters. The Hall–Kier alpha value is -1.76. The standard InChI is InChI=1S/C18H17N3O2S.ClH/c1-10-8-24-17(20-10)18(13-6-19-7-14(13)18)9-21-15(22)11-4-2-3-5-12(11)16(21)23;/h2-5,8,13-14,19H,6-7,9H2,1H3;1H/t13-,14+,18?;. The zero-order valence-electron chi connectivity index (χ0n) is 13.7. The molecule has 2 aliphatic heterocycles. The highest BCUT2D eigenvalue weighted by Gasteiger charge is 2.69. The predicted molar refractivity (Wildman–Crippen MR) is 97.4 cm³/mol. The molecule has 5 rings (SSSR count). The van der Waals surface area contributed by atoms with Crippen molar-refractivity contribution in [3.63, 3.8) is 0 Å². The number of nitrogens with one attached hydrogen (secondary N) is 1. The number of halogens is 1. The summed E-state index contributed by atoms with van der Waals surface area (Å²) in [7, 11) is 0. The average molecular weight is 376 g/mol. The summed E-state index contributed by atoms with van der Waals surface area (Å²) in [4.78, 5) is 31.6. The number of aryl methyl sites for hydroxylation is 1. The summed E-state index contributed by atoms with van der Waals surface area (Å²) in [5.74, 6) is 0.599. The first kappa shape index (κ1) is 16.7. The van der Waals surface area contributed by atoms with Crippen LogP contribution >= 0.6 is 23.7 Å². The highest BCUT2D eigenvalue weighted by molar-refractivity contribution is 7.09. The van der Waals surface area contributed by atoms with Crippen LogP contribution in [0.1, 0.15) is 31.4 Å². The zero-order valence-corrected chi connectivity index (χ0v) is 15.3. The number of aromatic nitrogens is 1. The molecule has 1 saturated heterocycles. The number of carbonyl (C=O) groups excluding carboxylic acids is 2. The first-order valence-corrected chi connectivity index (χ1v) is 9.09. The molecule has 3 atom stereocenters. The predicted octanol–water partition coefficient (Wildman–Crippen LogP) is 2.26. The number of piperidine rings is 1. The molecule has 1 aromatic carbocycles. The fourth-order valence-corrected chi connectivity index (χ4v) is 5.60. The minimum absolute atomic E-state index is 0. The number of imide groups is 1. The van der Waals surface area contributed by atoms with Crippen LogP contribution in [-0.2, 0) is 5.41 Å². The second-order valence-corrected chi connectivity index (χ2v) is 7.81. The number of nitrogens with zero attached hydrogens (tertiary/aromatic N) is 2. The molecule has 1 N–H and O–H groups in total. The summed E-state index contributed by atoms with van der Waals surface area (Å²) < 4.78 is 0. The number of hydrogen-bond donors (Lipinski definition) is 1. The maximum atomic E-state index is 12.7. The molecule has 3 heterocycles. The van der Waals surface area contributed by atoms with Crippen molar-refractivity contribution in [1.29, 1.82) is 0 Å². The lowest BCUT2D eigenvalue weighted by molar-refractivity contribution is 0.0631. The van der Waals surface area contributed by atoms with E-state index in [0.29, 0.717) is 29.5 Å². The van der Waals surface area contributed by atoms with Gasteiger partial charge in [0, 0.05) is 23.0 Å². The molecule has 2 amide bonds. The summed E-state index contributed by atoms with van der Waals surface area (Å²) in [6.07, 6.45) is 0. The number of thiazole rings is 1. The van der Waals surface area contributed by atoms with Crippen LogP contribution in [-0.4, -0.2) is 41.3 Å². The van der Waals surface area contributed by atoms with Crippen LogP contribution in [0.3, 0.4) is 0 Å². The maximum absolute atomic E-state index is 12.7. The summed E-state index contributed by atoms with van der Waals surface area (Å²) in [5, 5.41) is 6.54. The lowest BCUT2D eigenvalue weighted by Crippen LogP contribution is -2.41. The van der Waals surface area contributed by atoms with E-state index in [1.165, 1.54) is 4.90 Å². The molecule has 1 aliphatic carbocycles. The van der Waals surface area contributed by atoms with E-state index in [0.717, 1.165) is 23.8 Å². The van der Waals surface area contributed by atoms with Crippen molar-refractivity contribution in [2.45, 2.75) is 12.3 Å². The highest BCUT2D eigenvalue weighted by atomic mass is 35.5. The molecule has 0 radical (unpaired) electrons. The number of benzene rings is 1. The molecular weight excluding hydrogens is 358 g/mol. The normalized spacial score (nSPS) is 29.4. The Balaban J connectivity index is 0.00000157. The van der Waals surface area contributed by atoms with Gasteiger partial charge < -0.3 is 5.32 Å². The Bertz CT molecular complexity index is 836. The van der Waals surface area contributed by atoms with E-state index in [1.54, 1.807) is 23.5 Å². The molecular formula is C18H18ClN3O2S. The van der Waals surface area contributed by atoms with Gasteiger partial charge in [-0.15, -0.1) is 23.7 Å². The van der Waals surface area contributed by atoms with Crippen molar-refractivity contribution in [3.05, 3.63) is 51.5 Å². The zero-order chi connectivity index (χ0) is 16.5. The smallest absolute Gasteiger partial charge is 0.261 e. The fraction of sp³-hybridized carbons (Fsp3) is 0.389. The van der Waals surface area contributed by atoms with Gasteiger partial charge in [-0.25, -0.2) is 4.98 Å². The van der Waals surface area contributed by atoms with E-state index in [1.807, 2.05) is 19.1 Å². The summed E-state index contributed by atoms with van der Waals surface area (Å²) in [6, 6.07) is 7.10. The van der Waals surface area contributed by atoms with E-state index >= 15 is 0 Å². The molecule has 3 aliphatic rings. The van der Waals surface area contributed by atoms with Gasteiger partial charge in [0.25, 0.3) is 11.8 Å². The lowest BCUT2D eigenvalue weighted by atomic mass is 10.00. The fourth-order valence-electron chi connectivity index (χ4n) is 4.48. The van der Waals surface area contributed by atoms with Gasteiger partial charge in [-0.2, -0.15) is 0 Å².